The molecule has 0 bridgehead atoms. The van der Waals surface area contributed by atoms with E-state index < -0.39 is 20.9 Å². The minimum absolute atomic E-state index is 0.188. The summed E-state index contributed by atoms with van der Waals surface area (Å²) in [5, 5.41) is 12.4. The molecule has 1 atom stereocenters. The van der Waals surface area contributed by atoms with Crippen LogP contribution in [0.1, 0.15) is 18.7 Å². The number of methoxy groups -OCH3 is 2. The Morgan fingerprint density at radius 2 is 1.79 bits per heavy atom. The highest BCUT2D eigenvalue weighted by Crippen LogP contribution is 2.36. The molecule has 1 saturated heterocycles. The van der Waals surface area contributed by atoms with Gasteiger partial charge >= 0.3 is 0 Å². The number of piperidine rings is 1. The first-order valence-corrected chi connectivity index (χ1v) is 13.6. The quantitative estimate of drug-likeness (QED) is 0.327. The number of aryl methyl sites for hydroxylation is 1. The van der Waals surface area contributed by atoms with Gasteiger partial charge in [0.15, 0.2) is 27.3 Å². The number of hydrogen-bond acceptors (Lipinski definition) is 10. The van der Waals surface area contributed by atoms with Crippen LogP contribution in [0.4, 0.5) is 10.3 Å². The van der Waals surface area contributed by atoms with Crippen LogP contribution in [0.25, 0.3) is 17.2 Å². The Labute approximate surface area is 219 Å². The molecule has 0 radical (unpaired) electrons. The minimum atomic E-state index is -3.72. The van der Waals surface area contributed by atoms with Gasteiger partial charge in [-0.2, -0.15) is 5.10 Å². The van der Waals surface area contributed by atoms with Crippen molar-refractivity contribution < 1.29 is 22.3 Å². The van der Waals surface area contributed by atoms with E-state index in [1.165, 1.54) is 14.2 Å². The molecule has 1 aliphatic rings. The van der Waals surface area contributed by atoms with Crippen molar-refractivity contribution in [3.05, 3.63) is 54.5 Å². The molecule has 4 heterocycles. The Balaban J connectivity index is 1.54. The van der Waals surface area contributed by atoms with Crippen LogP contribution in [0.15, 0.2) is 42.9 Å². The maximum Gasteiger partial charge on any atom is 0.225 e. The molecule has 1 aliphatic heterocycles. The van der Waals surface area contributed by atoms with E-state index in [2.05, 4.69) is 25.3 Å². The first kappa shape index (κ1) is 25.6. The predicted octanol–water partition coefficient (Wildman–Crippen LogP) is 2.20. The van der Waals surface area contributed by atoms with E-state index in [0.717, 1.165) is 12.4 Å². The lowest BCUT2D eigenvalue weighted by Gasteiger charge is -2.32. The Bertz CT molecular complexity index is 1510. The van der Waals surface area contributed by atoms with Crippen LogP contribution in [-0.4, -0.2) is 75.5 Å². The maximum atomic E-state index is 13.7. The number of rotatable bonds is 8. The fraction of sp³-hybridized carbons (Fsp3) is 0.375. The number of aromatic nitrogens is 7. The molecule has 14 heteroatoms. The second-order valence-electron chi connectivity index (χ2n) is 8.88. The number of halogens is 1. The third-order valence-electron chi connectivity index (χ3n) is 6.40. The Kier molecular flexibility index (Phi) is 6.97. The van der Waals surface area contributed by atoms with Crippen molar-refractivity contribution in [3.8, 4) is 28.7 Å². The highest BCUT2D eigenvalue weighted by atomic mass is 32.2. The van der Waals surface area contributed by atoms with E-state index in [1.54, 1.807) is 51.7 Å². The molecule has 0 unspecified atom stereocenters. The molecular formula is C24H27FN8O4S. The predicted molar refractivity (Wildman–Crippen MR) is 137 cm³/mol. The smallest absolute Gasteiger partial charge is 0.225 e. The number of benzene rings is 1. The number of sulfone groups is 1. The topological polar surface area (TPSA) is 130 Å². The summed E-state index contributed by atoms with van der Waals surface area (Å²) in [6, 6.07) is 7.04. The van der Waals surface area contributed by atoms with Crippen LogP contribution >= 0.6 is 0 Å². The molecule has 0 N–H and O–H groups in total. The fourth-order valence-corrected chi connectivity index (χ4v) is 6.29. The van der Waals surface area contributed by atoms with E-state index >= 15 is 0 Å². The van der Waals surface area contributed by atoms with Gasteiger partial charge in [0, 0.05) is 26.3 Å². The highest BCUT2D eigenvalue weighted by Gasteiger charge is 2.34. The van der Waals surface area contributed by atoms with Gasteiger partial charge in [0.25, 0.3) is 0 Å². The molecule has 0 amide bonds. The zero-order chi connectivity index (χ0) is 26.9. The highest BCUT2D eigenvalue weighted by molar-refractivity contribution is 7.91. The summed E-state index contributed by atoms with van der Waals surface area (Å²) in [4.78, 5) is 9.79. The van der Waals surface area contributed by atoms with Gasteiger partial charge in [0.1, 0.15) is 28.6 Å². The molecule has 4 aromatic rings. The molecule has 0 saturated carbocycles. The second-order valence-corrected chi connectivity index (χ2v) is 11.2. The standard InChI is InChI=1S/C24H27FN8O4S/c1-31-11-9-18(30-31)23-29-28-21(33(23)22-19(36-2)7-4-8-20(22)37-3)15-38(34,35)17-6-5-10-32(14-17)24-26-12-16(25)13-27-24/h4,7-9,11-13,17H,5-6,10,14-15H2,1-3H3/t17-/m0/s1. The third kappa shape index (κ3) is 4.90. The van der Waals surface area contributed by atoms with Gasteiger partial charge in [-0.05, 0) is 31.0 Å². The summed E-state index contributed by atoms with van der Waals surface area (Å²) in [6.07, 6.45) is 5.00. The zero-order valence-corrected chi connectivity index (χ0v) is 22.0. The lowest BCUT2D eigenvalue weighted by atomic mass is 10.1. The SMILES string of the molecule is COc1cccc(OC)c1-n1c(CS(=O)(=O)[C@H]2CCCN(c3ncc(F)cn3)C2)nnc1-c1ccn(C)n1. The largest absolute Gasteiger partial charge is 0.494 e. The van der Waals surface area contributed by atoms with Crippen molar-refractivity contribution >= 4 is 15.8 Å². The van der Waals surface area contributed by atoms with Crippen molar-refractivity contribution in [1.82, 2.24) is 34.5 Å². The second kappa shape index (κ2) is 10.4. The number of hydrogen-bond donors (Lipinski definition) is 0. The van der Waals surface area contributed by atoms with Crippen molar-refractivity contribution in [2.24, 2.45) is 7.05 Å². The van der Waals surface area contributed by atoms with E-state index in [0.29, 0.717) is 54.0 Å². The summed E-state index contributed by atoms with van der Waals surface area (Å²) in [5.41, 5.74) is 0.979. The third-order valence-corrected chi connectivity index (χ3v) is 8.47. The first-order valence-electron chi connectivity index (χ1n) is 11.9. The van der Waals surface area contributed by atoms with Gasteiger partial charge in [-0.25, -0.2) is 22.8 Å². The normalized spacial score (nSPS) is 16.0. The number of para-hydroxylation sites is 1. The maximum absolute atomic E-state index is 13.7. The fourth-order valence-electron chi connectivity index (χ4n) is 4.58. The molecule has 1 aromatic carbocycles. The summed E-state index contributed by atoms with van der Waals surface area (Å²) in [5.74, 6) is 0.828. The van der Waals surface area contributed by atoms with Gasteiger partial charge in [-0.1, -0.05) is 6.07 Å². The van der Waals surface area contributed by atoms with Gasteiger partial charge in [0.2, 0.25) is 5.95 Å². The molecule has 0 spiro atoms. The van der Waals surface area contributed by atoms with Gasteiger partial charge in [-0.3, -0.25) is 9.25 Å². The van der Waals surface area contributed by atoms with Crippen LogP contribution in [0.3, 0.4) is 0 Å². The average molecular weight is 543 g/mol. The molecule has 12 nitrogen and oxygen atoms in total. The zero-order valence-electron chi connectivity index (χ0n) is 21.2. The van der Waals surface area contributed by atoms with Crippen LogP contribution in [0.5, 0.6) is 11.5 Å². The molecule has 38 heavy (non-hydrogen) atoms. The summed E-state index contributed by atoms with van der Waals surface area (Å²) in [7, 11) is 1.10. The molecule has 200 valence electrons. The van der Waals surface area contributed by atoms with Gasteiger partial charge in [0.05, 0.1) is 31.9 Å². The van der Waals surface area contributed by atoms with E-state index in [4.69, 9.17) is 9.47 Å². The average Bonchev–Trinajstić information content (AvgIpc) is 3.54. The monoisotopic (exact) mass is 542 g/mol. The number of ether oxygens (including phenoxy) is 2. The number of anilines is 1. The first-order chi connectivity index (χ1) is 18.3. The van der Waals surface area contributed by atoms with Gasteiger partial charge in [-0.15, -0.1) is 10.2 Å². The molecule has 3 aromatic heterocycles. The lowest BCUT2D eigenvalue weighted by Crippen LogP contribution is -2.43. The van der Waals surface area contributed by atoms with E-state index in [1.807, 2.05) is 0 Å². The molecule has 1 fully saturated rings. The Hall–Kier alpha value is -4.07. The molecule has 0 aliphatic carbocycles. The summed E-state index contributed by atoms with van der Waals surface area (Å²) >= 11 is 0. The summed E-state index contributed by atoms with van der Waals surface area (Å²) in [6.45, 7) is 0.767. The molecule has 5 rings (SSSR count). The lowest BCUT2D eigenvalue weighted by molar-refractivity contribution is 0.390. The van der Waals surface area contributed by atoms with Crippen LogP contribution in [-0.2, 0) is 22.6 Å². The van der Waals surface area contributed by atoms with Gasteiger partial charge < -0.3 is 14.4 Å². The number of nitrogens with zero attached hydrogens (tertiary/aromatic N) is 8. The van der Waals surface area contributed by atoms with E-state index in [-0.39, 0.29) is 18.1 Å². The van der Waals surface area contributed by atoms with Crippen LogP contribution in [0.2, 0.25) is 0 Å². The minimum Gasteiger partial charge on any atom is -0.494 e. The Morgan fingerprint density at radius 1 is 1.08 bits per heavy atom. The molecular weight excluding hydrogens is 515 g/mol. The van der Waals surface area contributed by atoms with Crippen molar-refractivity contribution in [2.75, 3.05) is 32.2 Å². The summed E-state index contributed by atoms with van der Waals surface area (Å²) < 4.78 is 55.2. The van der Waals surface area contributed by atoms with Crippen LogP contribution in [0, 0.1) is 5.82 Å². The van der Waals surface area contributed by atoms with E-state index in [9.17, 15) is 12.8 Å². The van der Waals surface area contributed by atoms with Crippen LogP contribution < -0.4 is 14.4 Å². The van der Waals surface area contributed by atoms with Crippen molar-refractivity contribution in [3.63, 3.8) is 0 Å². The van der Waals surface area contributed by atoms with Crippen molar-refractivity contribution in [2.45, 2.75) is 23.8 Å². The Morgan fingerprint density at radius 3 is 2.42 bits per heavy atom. The van der Waals surface area contributed by atoms with Crippen molar-refractivity contribution in [1.29, 1.82) is 0 Å².